The molecule has 1 fully saturated rings. The summed E-state index contributed by atoms with van der Waals surface area (Å²) in [5, 5.41) is 0. The zero-order valence-corrected chi connectivity index (χ0v) is 8.78. The summed E-state index contributed by atoms with van der Waals surface area (Å²) in [7, 11) is 0. The Balaban J connectivity index is 1.80. The molecule has 0 radical (unpaired) electrons. The van der Waals surface area contributed by atoms with Crippen molar-refractivity contribution in [3.8, 4) is 0 Å². The molecule has 1 aromatic carbocycles. The van der Waals surface area contributed by atoms with Crippen LogP contribution in [0.2, 0.25) is 0 Å². The van der Waals surface area contributed by atoms with Gasteiger partial charge in [-0.3, -0.25) is 4.90 Å². The van der Waals surface area contributed by atoms with E-state index in [9.17, 15) is 0 Å². The molecule has 3 heteroatoms. The Labute approximate surface area is 89.8 Å². The van der Waals surface area contributed by atoms with Crippen LogP contribution in [0.5, 0.6) is 0 Å². The van der Waals surface area contributed by atoms with Gasteiger partial charge in [-0.25, -0.2) is 0 Å². The third kappa shape index (κ3) is 1.62. The van der Waals surface area contributed by atoms with Gasteiger partial charge in [0.05, 0.1) is 19.3 Å². The first-order valence-corrected chi connectivity index (χ1v) is 5.52. The van der Waals surface area contributed by atoms with Gasteiger partial charge in [-0.05, 0) is 29.7 Å². The molecule has 15 heavy (non-hydrogen) atoms. The van der Waals surface area contributed by atoms with Crippen LogP contribution in [-0.2, 0) is 17.7 Å². The lowest BCUT2D eigenvalue weighted by Gasteiger charge is -2.40. The van der Waals surface area contributed by atoms with Gasteiger partial charge < -0.3 is 10.5 Å². The number of nitrogens with zero attached hydrogens (tertiary/aromatic N) is 1. The molecule has 1 saturated heterocycles. The maximum Gasteiger partial charge on any atom is 0.0645 e. The molecule has 3 nitrogen and oxygen atoms in total. The van der Waals surface area contributed by atoms with Gasteiger partial charge in [-0.2, -0.15) is 0 Å². The molecule has 0 unspecified atom stereocenters. The lowest BCUT2D eigenvalue weighted by Crippen LogP contribution is -2.50. The zero-order chi connectivity index (χ0) is 10.3. The number of rotatable bonds is 1. The van der Waals surface area contributed by atoms with E-state index in [0.717, 1.165) is 38.4 Å². The van der Waals surface area contributed by atoms with Gasteiger partial charge in [-0.15, -0.1) is 0 Å². The normalized spacial score (nSPS) is 22.1. The number of hydrogen-bond donors (Lipinski definition) is 1. The summed E-state index contributed by atoms with van der Waals surface area (Å²) >= 11 is 0. The Kier molecular flexibility index (Phi) is 2.15. The Morgan fingerprint density at radius 3 is 2.87 bits per heavy atom. The third-order valence-electron chi connectivity index (χ3n) is 3.41. The van der Waals surface area contributed by atoms with Crippen LogP contribution in [0.15, 0.2) is 18.2 Å². The molecule has 0 amide bonds. The van der Waals surface area contributed by atoms with Crippen LogP contribution in [0.3, 0.4) is 0 Å². The van der Waals surface area contributed by atoms with Crippen molar-refractivity contribution in [3.05, 3.63) is 29.3 Å². The molecule has 0 aromatic heterocycles. The fourth-order valence-electron chi connectivity index (χ4n) is 2.34. The van der Waals surface area contributed by atoms with Crippen molar-refractivity contribution in [1.29, 1.82) is 0 Å². The summed E-state index contributed by atoms with van der Waals surface area (Å²) in [4.78, 5) is 2.52. The number of anilines is 1. The second kappa shape index (κ2) is 3.51. The van der Waals surface area contributed by atoms with Crippen LogP contribution < -0.4 is 5.73 Å². The molecule has 0 atom stereocenters. The Morgan fingerprint density at radius 1 is 1.27 bits per heavy atom. The highest BCUT2D eigenvalue weighted by Crippen LogP contribution is 2.24. The predicted molar refractivity (Wildman–Crippen MR) is 59.6 cm³/mol. The molecule has 0 spiro atoms. The summed E-state index contributed by atoms with van der Waals surface area (Å²) in [5.41, 5.74) is 9.52. The van der Waals surface area contributed by atoms with Crippen molar-refractivity contribution in [2.24, 2.45) is 0 Å². The molecule has 0 saturated carbocycles. The van der Waals surface area contributed by atoms with E-state index in [1.807, 2.05) is 6.07 Å². The van der Waals surface area contributed by atoms with E-state index in [-0.39, 0.29) is 0 Å². The Morgan fingerprint density at radius 2 is 2.13 bits per heavy atom. The zero-order valence-electron chi connectivity index (χ0n) is 8.78. The minimum Gasteiger partial charge on any atom is -0.399 e. The summed E-state index contributed by atoms with van der Waals surface area (Å²) in [6.07, 6.45) is 1.12. The van der Waals surface area contributed by atoms with Crippen LogP contribution in [0.1, 0.15) is 11.1 Å². The van der Waals surface area contributed by atoms with Gasteiger partial charge in [0, 0.05) is 18.8 Å². The Bertz CT molecular complexity index is 374. The van der Waals surface area contributed by atoms with E-state index in [1.165, 1.54) is 11.1 Å². The summed E-state index contributed by atoms with van der Waals surface area (Å²) in [6.45, 7) is 4.02. The standard InChI is InChI=1S/C12H16N2O/c13-11-2-1-10-6-14(12-7-15-8-12)4-3-9(10)5-11/h1-2,5,12H,3-4,6-8,13H2. The number of nitrogens with two attached hydrogens (primary N) is 1. The first kappa shape index (κ1) is 9.19. The predicted octanol–water partition coefficient (Wildman–Crippen LogP) is 1.03. The van der Waals surface area contributed by atoms with Gasteiger partial charge in [0.2, 0.25) is 0 Å². The number of benzene rings is 1. The first-order chi connectivity index (χ1) is 7.33. The second-order valence-corrected chi connectivity index (χ2v) is 4.44. The van der Waals surface area contributed by atoms with Gasteiger partial charge in [0.1, 0.15) is 0 Å². The fourth-order valence-corrected chi connectivity index (χ4v) is 2.34. The third-order valence-corrected chi connectivity index (χ3v) is 3.41. The van der Waals surface area contributed by atoms with Crippen LogP contribution in [0.25, 0.3) is 0 Å². The van der Waals surface area contributed by atoms with E-state index in [1.54, 1.807) is 0 Å². The number of nitrogen functional groups attached to an aromatic ring is 1. The van der Waals surface area contributed by atoms with Crippen molar-refractivity contribution in [2.45, 2.75) is 19.0 Å². The smallest absolute Gasteiger partial charge is 0.0645 e. The molecular formula is C12H16N2O. The monoisotopic (exact) mass is 204 g/mol. The SMILES string of the molecule is Nc1ccc2c(c1)CCN(C1COC1)C2. The molecule has 0 bridgehead atoms. The highest BCUT2D eigenvalue weighted by Gasteiger charge is 2.28. The molecule has 80 valence electrons. The van der Waals surface area contributed by atoms with Gasteiger partial charge in [0.25, 0.3) is 0 Å². The average Bonchev–Trinajstić information content (AvgIpc) is 2.15. The maximum atomic E-state index is 5.78. The molecule has 3 rings (SSSR count). The van der Waals surface area contributed by atoms with E-state index in [2.05, 4.69) is 17.0 Å². The van der Waals surface area contributed by atoms with Gasteiger partial charge in [0.15, 0.2) is 0 Å². The molecule has 0 aliphatic carbocycles. The van der Waals surface area contributed by atoms with Crippen molar-refractivity contribution in [2.75, 3.05) is 25.5 Å². The minimum atomic E-state index is 0.649. The number of ether oxygens (including phenoxy) is 1. The molecule has 2 N–H and O–H groups in total. The van der Waals surface area contributed by atoms with Crippen molar-refractivity contribution in [1.82, 2.24) is 4.90 Å². The average molecular weight is 204 g/mol. The summed E-state index contributed by atoms with van der Waals surface area (Å²) < 4.78 is 5.23. The molecule has 2 aliphatic heterocycles. The molecular weight excluding hydrogens is 188 g/mol. The highest BCUT2D eigenvalue weighted by atomic mass is 16.5. The van der Waals surface area contributed by atoms with Crippen LogP contribution >= 0.6 is 0 Å². The lowest BCUT2D eigenvalue weighted by molar-refractivity contribution is -0.0694. The number of hydrogen-bond acceptors (Lipinski definition) is 3. The van der Waals surface area contributed by atoms with Gasteiger partial charge >= 0.3 is 0 Å². The summed E-state index contributed by atoms with van der Waals surface area (Å²) in [5.74, 6) is 0. The van der Waals surface area contributed by atoms with E-state index in [4.69, 9.17) is 10.5 Å². The van der Waals surface area contributed by atoms with E-state index in [0.29, 0.717) is 6.04 Å². The van der Waals surface area contributed by atoms with E-state index >= 15 is 0 Å². The van der Waals surface area contributed by atoms with Crippen LogP contribution in [0.4, 0.5) is 5.69 Å². The molecule has 2 heterocycles. The van der Waals surface area contributed by atoms with Crippen LogP contribution in [-0.4, -0.2) is 30.7 Å². The fraction of sp³-hybridized carbons (Fsp3) is 0.500. The Hall–Kier alpha value is -1.06. The molecule has 1 aromatic rings. The maximum absolute atomic E-state index is 5.78. The minimum absolute atomic E-state index is 0.649. The molecule has 2 aliphatic rings. The largest absolute Gasteiger partial charge is 0.399 e. The topological polar surface area (TPSA) is 38.5 Å². The van der Waals surface area contributed by atoms with Crippen molar-refractivity contribution < 1.29 is 4.74 Å². The first-order valence-electron chi connectivity index (χ1n) is 5.52. The van der Waals surface area contributed by atoms with Gasteiger partial charge in [-0.1, -0.05) is 6.07 Å². The number of fused-ring (bicyclic) bond motifs is 1. The quantitative estimate of drug-likeness (QED) is 0.694. The van der Waals surface area contributed by atoms with Crippen LogP contribution in [0, 0.1) is 0 Å². The van der Waals surface area contributed by atoms with Crippen molar-refractivity contribution in [3.63, 3.8) is 0 Å². The van der Waals surface area contributed by atoms with Crippen molar-refractivity contribution >= 4 is 5.69 Å². The highest BCUT2D eigenvalue weighted by molar-refractivity contribution is 5.45. The summed E-state index contributed by atoms with van der Waals surface area (Å²) in [6, 6.07) is 6.93. The second-order valence-electron chi connectivity index (χ2n) is 4.44. The van der Waals surface area contributed by atoms with E-state index < -0.39 is 0 Å². The lowest BCUT2D eigenvalue weighted by atomic mass is 9.97.